The maximum atomic E-state index is 4.94. The molecule has 4 aromatic rings. The molecule has 0 N–H and O–H groups in total. The highest BCUT2D eigenvalue weighted by Gasteiger charge is 2.16. The van der Waals surface area contributed by atoms with Crippen LogP contribution in [-0.4, -0.2) is 9.78 Å². The van der Waals surface area contributed by atoms with Crippen LogP contribution in [0.1, 0.15) is 11.1 Å². The standard InChI is InChI=1S/C21H18N2/c1-15-9-6-7-14-19(15)23-21(17-11-4-3-5-12-17)18-13-8-10-16(2)20(18)22-23/h3-14H,1-2H3. The number of aromatic nitrogens is 2. The van der Waals surface area contributed by atoms with E-state index in [9.17, 15) is 0 Å². The quantitative estimate of drug-likeness (QED) is 0.490. The summed E-state index contributed by atoms with van der Waals surface area (Å²) in [5.74, 6) is 0. The molecule has 112 valence electrons. The van der Waals surface area contributed by atoms with Gasteiger partial charge in [0.1, 0.15) is 0 Å². The van der Waals surface area contributed by atoms with Crippen molar-refractivity contribution in [3.05, 3.63) is 83.9 Å². The molecule has 0 saturated heterocycles. The average Bonchev–Trinajstić information content (AvgIpc) is 2.97. The molecule has 0 saturated carbocycles. The molecule has 2 heteroatoms. The molecule has 0 atom stereocenters. The Hall–Kier alpha value is -2.87. The largest absolute Gasteiger partial charge is 0.232 e. The molecule has 0 amide bonds. The van der Waals surface area contributed by atoms with E-state index in [0.29, 0.717) is 0 Å². The zero-order valence-corrected chi connectivity index (χ0v) is 13.3. The molecule has 1 heterocycles. The van der Waals surface area contributed by atoms with Crippen molar-refractivity contribution < 1.29 is 0 Å². The molecule has 0 aliphatic heterocycles. The maximum absolute atomic E-state index is 4.94. The van der Waals surface area contributed by atoms with Crippen LogP contribution in [0.5, 0.6) is 0 Å². The normalized spacial score (nSPS) is 11.0. The van der Waals surface area contributed by atoms with Gasteiger partial charge in [0, 0.05) is 10.9 Å². The lowest BCUT2D eigenvalue weighted by atomic mass is 10.1. The van der Waals surface area contributed by atoms with Crippen LogP contribution in [0.3, 0.4) is 0 Å². The lowest BCUT2D eigenvalue weighted by Gasteiger charge is -2.10. The molecule has 4 rings (SSSR count). The fourth-order valence-electron chi connectivity index (χ4n) is 3.10. The Bertz CT molecular complexity index is 981. The van der Waals surface area contributed by atoms with Crippen molar-refractivity contribution in [3.8, 4) is 16.9 Å². The minimum atomic E-state index is 1.06. The van der Waals surface area contributed by atoms with Crippen LogP contribution >= 0.6 is 0 Å². The number of rotatable bonds is 2. The summed E-state index contributed by atoms with van der Waals surface area (Å²) < 4.78 is 2.09. The number of hydrogen-bond donors (Lipinski definition) is 0. The molecule has 0 aliphatic carbocycles. The SMILES string of the molecule is Cc1ccccc1-n1nc2c(C)cccc2c1-c1ccccc1. The first-order valence-corrected chi connectivity index (χ1v) is 7.85. The topological polar surface area (TPSA) is 17.8 Å². The number of hydrogen-bond acceptors (Lipinski definition) is 1. The van der Waals surface area contributed by atoms with Crippen molar-refractivity contribution >= 4 is 10.9 Å². The maximum Gasteiger partial charge on any atom is 0.0963 e. The van der Waals surface area contributed by atoms with Crippen molar-refractivity contribution in [3.63, 3.8) is 0 Å². The van der Waals surface area contributed by atoms with Crippen LogP contribution in [0.15, 0.2) is 72.8 Å². The Morgan fingerprint density at radius 2 is 1.39 bits per heavy atom. The van der Waals surface area contributed by atoms with Gasteiger partial charge >= 0.3 is 0 Å². The summed E-state index contributed by atoms with van der Waals surface area (Å²) in [6.45, 7) is 4.25. The predicted octanol–water partition coefficient (Wildman–Crippen LogP) is 5.31. The van der Waals surface area contributed by atoms with Gasteiger partial charge in [-0.3, -0.25) is 0 Å². The van der Waals surface area contributed by atoms with Gasteiger partial charge in [-0.25, -0.2) is 4.68 Å². The Balaban J connectivity index is 2.12. The summed E-state index contributed by atoms with van der Waals surface area (Å²) in [6, 6.07) is 25.3. The first kappa shape index (κ1) is 13.8. The minimum absolute atomic E-state index is 1.06. The first-order valence-electron chi connectivity index (χ1n) is 7.85. The van der Waals surface area contributed by atoms with Crippen LogP contribution < -0.4 is 0 Å². The second kappa shape index (κ2) is 5.40. The monoisotopic (exact) mass is 298 g/mol. The molecular formula is C21H18N2. The molecule has 0 bridgehead atoms. The molecular weight excluding hydrogens is 280 g/mol. The van der Waals surface area contributed by atoms with E-state index in [1.54, 1.807) is 0 Å². The van der Waals surface area contributed by atoms with Gasteiger partial charge < -0.3 is 0 Å². The molecule has 23 heavy (non-hydrogen) atoms. The van der Waals surface area contributed by atoms with Gasteiger partial charge in [-0.2, -0.15) is 5.10 Å². The van der Waals surface area contributed by atoms with E-state index in [2.05, 4.69) is 85.3 Å². The highest BCUT2D eigenvalue weighted by molar-refractivity contribution is 5.95. The number of aryl methyl sites for hydroxylation is 2. The Kier molecular flexibility index (Phi) is 3.23. The molecule has 0 unspecified atom stereocenters. The Morgan fingerprint density at radius 1 is 0.696 bits per heavy atom. The second-order valence-corrected chi connectivity index (χ2v) is 5.88. The van der Waals surface area contributed by atoms with E-state index in [1.807, 2.05) is 6.07 Å². The Labute approximate surface area is 136 Å². The molecule has 0 radical (unpaired) electrons. The summed E-state index contributed by atoms with van der Waals surface area (Å²) in [7, 11) is 0. The van der Waals surface area contributed by atoms with Gasteiger partial charge in [0.05, 0.1) is 16.9 Å². The highest BCUT2D eigenvalue weighted by Crippen LogP contribution is 2.33. The van der Waals surface area contributed by atoms with Crippen molar-refractivity contribution in [2.45, 2.75) is 13.8 Å². The summed E-state index contributed by atoms with van der Waals surface area (Å²) in [4.78, 5) is 0. The summed E-state index contributed by atoms with van der Waals surface area (Å²) in [5.41, 5.74) is 6.95. The van der Waals surface area contributed by atoms with E-state index in [-0.39, 0.29) is 0 Å². The fraction of sp³-hybridized carbons (Fsp3) is 0.0952. The third-order valence-corrected chi connectivity index (χ3v) is 4.30. The zero-order valence-electron chi connectivity index (χ0n) is 13.3. The second-order valence-electron chi connectivity index (χ2n) is 5.88. The smallest absolute Gasteiger partial charge is 0.0963 e. The van der Waals surface area contributed by atoms with Crippen molar-refractivity contribution in [2.24, 2.45) is 0 Å². The van der Waals surface area contributed by atoms with E-state index >= 15 is 0 Å². The van der Waals surface area contributed by atoms with Gasteiger partial charge in [-0.1, -0.05) is 66.7 Å². The van der Waals surface area contributed by atoms with Gasteiger partial charge in [0.25, 0.3) is 0 Å². The van der Waals surface area contributed by atoms with Crippen molar-refractivity contribution in [2.75, 3.05) is 0 Å². The number of nitrogens with zero attached hydrogens (tertiary/aromatic N) is 2. The lowest BCUT2D eigenvalue weighted by molar-refractivity contribution is 0.894. The van der Waals surface area contributed by atoms with E-state index in [4.69, 9.17) is 5.10 Å². The minimum Gasteiger partial charge on any atom is -0.232 e. The van der Waals surface area contributed by atoms with Gasteiger partial charge in [-0.15, -0.1) is 0 Å². The van der Waals surface area contributed by atoms with Crippen molar-refractivity contribution in [1.82, 2.24) is 9.78 Å². The average molecular weight is 298 g/mol. The molecule has 3 aromatic carbocycles. The first-order chi connectivity index (χ1) is 11.3. The van der Waals surface area contributed by atoms with E-state index < -0.39 is 0 Å². The van der Waals surface area contributed by atoms with Crippen molar-refractivity contribution in [1.29, 1.82) is 0 Å². The third kappa shape index (κ3) is 2.23. The molecule has 0 spiro atoms. The highest BCUT2D eigenvalue weighted by atomic mass is 15.3. The summed E-state index contributed by atoms with van der Waals surface area (Å²) in [5, 5.41) is 6.13. The van der Waals surface area contributed by atoms with Crippen LogP contribution in [-0.2, 0) is 0 Å². The van der Waals surface area contributed by atoms with Gasteiger partial charge in [0.15, 0.2) is 0 Å². The van der Waals surface area contributed by atoms with Gasteiger partial charge in [-0.05, 0) is 31.0 Å². The van der Waals surface area contributed by atoms with Crippen LogP contribution in [0, 0.1) is 13.8 Å². The van der Waals surface area contributed by atoms with Crippen LogP contribution in [0.25, 0.3) is 27.8 Å². The molecule has 0 aliphatic rings. The van der Waals surface area contributed by atoms with Crippen LogP contribution in [0.4, 0.5) is 0 Å². The molecule has 0 fully saturated rings. The third-order valence-electron chi connectivity index (χ3n) is 4.30. The summed E-state index contributed by atoms with van der Waals surface area (Å²) >= 11 is 0. The van der Waals surface area contributed by atoms with E-state index in [1.165, 1.54) is 22.1 Å². The fourth-order valence-corrected chi connectivity index (χ4v) is 3.10. The predicted molar refractivity (Wildman–Crippen MR) is 96.0 cm³/mol. The van der Waals surface area contributed by atoms with Crippen LogP contribution in [0.2, 0.25) is 0 Å². The lowest BCUT2D eigenvalue weighted by Crippen LogP contribution is -2.01. The number of benzene rings is 3. The van der Waals surface area contributed by atoms with E-state index in [0.717, 1.165) is 16.9 Å². The number of para-hydroxylation sites is 1. The summed E-state index contributed by atoms with van der Waals surface area (Å²) in [6.07, 6.45) is 0. The van der Waals surface area contributed by atoms with Gasteiger partial charge in [0.2, 0.25) is 0 Å². The Morgan fingerprint density at radius 3 is 2.17 bits per heavy atom. The number of fused-ring (bicyclic) bond motifs is 1. The zero-order chi connectivity index (χ0) is 15.8. The molecule has 2 nitrogen and oxygen atoms in total. The molecule has 1 aromatic heterocycles.